The largest absolute Gasteiger partial charge is 0.466 e. The van der Waals surface area contributed by atoms with Gasteiger partial charge in [-0.05, 0) is 45.2 Å². The third-order valence-electron chi connectivity index (χ3n) is 2.46. The van der Waals surface area contributed by atoms with Gasteiger partial charge in [0.2, 0.25) is 0 Å². The Kier molecular flexibility index (Phi) is 7.90. The van der Waals surface area contributed by atoms with Gasteiger partial charge in [0, 0.05) is 6.42 Å². The highest BCUT2D eigenvalue weighted by Gasteiger charge is 2.14. The molecule has 0 aromatic carbocycles. The summed E-state index contributed by atoms with van der Waals surface area (Å²) in [6.07, 6.45) is 4.06. The maximum Gasteiger partial charge on any atom is 0.305 e. The lowest BCUT2D eigenvalue weighted by atomic mass is 9.95. The van der Waals surface area contributed by atoms with Crippen LogP contribution in [0.15, 0.2) is 0 Å². The number of piperidine rings is 1. The summed E-state index contributed by atoms with van der Waals surface area (Å²) in [5.74, 6) is 0.631. The molecule has 0 amide bonds. The van der Waals surface area contributed by atoms with Gasteiger partial charge in [-0.25, -0.2) is 0 Å². The van der Waals surface area contributed by atoms with Crippen molar-refractivity contribution in [1.29, 1.82) is 0 Å². The van der Waals surface area contributed by atoms with Crippen LogP contribution in [0.2, 0.25) is 0 Å². The Morgan fingerprint density at radius 1 is 1.57 bits per heavy atom. The van der Waals surface area contributed by atoms with Crippen LogP contribution in [0, 0.1) is 5.92 Å². The molecule has 0 radical (unpaired) electrons. The van der Waals surface area contributed by atoms with E-state index in [4.69, 9.17) is 4.74 Å². The number of hydrogen-bond acceptors (Lipinski definition) is 3. The number of nitrogens with one attached hydrogen (secondary N) is 1. The van der Waals surface area contributed by atoms with E-state index in [0.29, 0.717) is 18.9 Å². The molecule has 0 spiro atoms. The fourth-order valence-corrected chi connectivity index (χ4v) is 1.73. The van der Waals surface area contributed by atoms with Crippen molar-refractivity contribution in [3.05, 3.63) is 0 Å². The summed E-state index contributed by atoms with van der Waals surface area (Å²) in [4.78, 5) is 11.0. The van der Waals surface area contributed by atoms with Crippen molar-refractivity contribution >= 4 is 18.4 Å². The molecule has 1 heterocycles. The van der Waals surface area contributed by atoms with Crippen molar-refractivity contribution in [1.82, 2.24) is 5.32 Å². The molecule has 1 aliphatic rings. The predicted octanol–water partition coefficient (Wildman–Crippen LogP) is 1.75. The van der Waals surface area contributed by atoms with Crippen LogP contribution in [0.25, 0.3) is 0 Å². The first kappa shape index (κ1) is 13.7. The zero-order chi connectivity index (χ0) is 9.52. The van der Waals surface area contributed by atoms with E-state index in [0.717, 1.165) is 19.5 Å². The minimum atomic E-state index is -0.0481. The van der Waals surface area contributed by atoms with Gasteiger partial charge in [0.1, 0.15) is 0 Å². The van der Waals surface area contributed by atoms with E-state index in [9.17, 15) is 4.79 Å². The summed E-state index contributed by atoms with van der Waals surface area (Å²) < 4.78 is 4.87. The Bertz CT molecular complexity index is 158. The number of carbonyl (C=O) groups is 1. The lowest BCUT2D eigenvalue weighted by Crippen LogP contribution is -2.30. The molecule has 1 unspecified atom stereocenters. The van der Waals surface area contributed by atoms with E-state index in [-0.39, 0.29) is 18.4 Å². The molecule has 0 aromatic rings. The number of halogens is 1. The van der Waals surface area contributed by atoms with E-state index >= 15 is 0 Å². The Balaban J connectivity index is 0.00000169. The summed E-state index contributed by atoms with van der Waals surface area (Å²) in [7, 11) is 0. The molecule has 4 heteroatoms. The molecule has 14 heavy (non-hydrogen) atoms. The smallest absolute Gasteiger partial charge is 0.305 e. The molecule has 0 bridgehead atoms. The van der Waals surface area contributed by atoms with Gasteiger partial charge in [0.15, 0.2) is 0 Å². The number of carbonyl (C=O) groups excluding carboxylic acids is 1. The molecule has 0 aromatic heterocycles. The number of hydrogen-bond donors (Lipinski definition) is 1. The van der Waals surface area contributed by atoms with Gasteiger partial charge < -0.3 is 10.1 Å². The van der Waals surface area contributed by atoms with Crippen LogP contribution in [0.5, 0.6) is 0 Å². The molecule has 1 fully saturated rings. The average Bonchev–Trinajstić information content (AvgIpc) is 2.17. The normalized spacial score (nSPS) is 21.1. The van der Waals surface area contributed by atoms with Crippen LogP contribution >= 0.6 is 12.4 Å². The maximum absolute atomic E-state index is 11.0. The lowest BCUT2D eigenvalue weighted by Gasteiger charge is -2.21. The second-order valence-corrected chi connectivity index (χ2v) is 3.56. The van der Waals surface area contributed by atoms with Crippen LogP contribution < -0.4 is 5.32 Å². The molecule has 0 saturated carbocycles. The van der Waals surface area contributed by atoms with Crippen LogP contribution in [0.1, 0.15) is 32.6 Å². The molecule has 1 N–H and O–H groups in total. The molecular weight excluding hydrogens is 202 g/mol. The molecule has 0 aliphatic carbocycles. The minimum Gasteiger partial charge on any atom is -0.466 e. The highest BCUT2D eigenvalue weighted by atomic mass is 35.5. The van der Waals surface area contributed by atoms with E-state index < -0.39 is 0 Å². The Morgan fingerprint density at radius 2 is 2.36 bits per heavy atom. The summed E-state index contributed by atoms with van der Waals surface area (Å²) >= 11 is 0. The second kappa shape index (κ2) is 8.06. The SMILES string of the molecule is CCOC(=O)CCC1CCCNC1.Cl. The van der Waals surface area contributed by atoms with E-state index in [1.165, 1.54) is 12.8 Å². The molecule has 84 valence electrons. The van der Waals surface area contributed by atoms with Crippen molar-refractivity contribution in [2.45, 2.75) is 32.6 Å². The van der Waals surface area contributed by atoms with Crippen molar-refractivity contribution in [2.75, 3.05) is 19.7 Å². The van der Waals surface area contributed by atoms with Gasteiger partial charge in [-0.2, -0.15) is 0 Å². The number of esters is 1. The Labute approximate surface area is 92.0 Å². The first-order valence-electron chi connectivity index (χ1n) is 5.19. The first-order valence-corrected chi connectivity index (χ1v) is 5.19. The van der Waals surface area contributed by atoms with Crippen LogP contribution in [-0.2, 0) is 9.53 Å². The molecule has 1 saturated heterocycles. The zero-order valence-corrected chi connectivity index (χ0v) is 9.57. The van der Waals surface area contributed by atoms with Gasteiger partial charge in [-0.15, -0.1) is 12.4 Å². The van der Waals surface area contributed by atoms with Gasteiger partial charge in [0.05, 0.1) is 6.61 Å². The first-order chi connectivity index (χ1) is 6.33. The van der Waals surface area contributed by atoms with Gasteiger partial charge in [0.25, 0.3) is 0 Å². The van der Waals surface area contributed by atoms with E-state index in [1.54, 1.807) is 0 Å². The Morgan fingerprint density at radius 3 is 2.93 bits per heavy atom. The van der Waals surface area contributed by atoms with Crippen molar-refractivity contribution in [3.8, 4) is 0 Å². The topological polar surface area (TPSA) is 38.3 Å². The molecule has 3 nitrogen and oxygen atoms in total. The lowest BCUT2D eigenvalue weighted by molar-refractivity contribution is -0.143. The van der Waals surface area contributed by atoms with Crippen molar-refractivity contribution < 1.29 is 9.53 Å². The van der Waals surface area contributed by atoms with Crippen molar-refractivity contribution in [3.63, 3.8) is 0 Å². The predicted molar refractivity (Wildman–Crippen MR) is 58.7 cm³/mol. The summed E-state index contributed by atoms with van der Waals surface area (Å²) in [6.45, 7) is 4.55. The highest BCUT2D eigenvalue weighted by molar-refractivity contribution is 5.85. The fourth-order valence-electron chi connectivity index (χ4n) is 1.73. The highest BCUT2D eigenvalue weighted by Crippen LogP contribution is 2.15. The van der Waals surface area contributed by atoms with Gasteiger partial charge in [-0.1, -0.05) is 0 Å². The van der Waals surface area contributed by atoms with Crippen LogP contribution in [0.4, 0.5) is 0 Å². The monoisotopic (exact) mass is 221 g/mol. The minimum absolute atomic E-state index is 0. The summed E-state index contributed by atoms with van der Waals surface area (Å²) in [5, 5.41) is 3.34. The van der Waals surface area contributed by atoms with Crippen LogP contribution in [0.3, 0.4) is 0 Å². The summed E-state index contributed by atoms with van der Waals surface area (Å²) in [5.41, 5.74) is 0. The third kappa shape index (κ3) is 5.45. The molecule has 1 rings (SSSR count). The van der Waals surface area contributed by atoms with Crippen LogP contribution in [-0.4, -0.2) is 25.7 Å². The van der Waals surface area contributed by atoms with E-state index in [2.05, 4.69) is 5.32 Å². The summed E-state index contributed by atoms with van der Waals surface area (Å²) in [6, 6.07) is 0. The number of ether oxygens (including phenoxy) is 1. The zero-order valence-electron chi connectivity index (χ0n) is 8.75. The molecular formula is C10H20ClNO2. The maximum atomic E-state index is 11.0. The Hall–Kier alpha value is -0.280. The quantitative estimate of drug-likeness (QED) is 0.736. The van der Waals surface area contributed by atoms with E-state index in [1.807, 2.05) is 6.92 Å². The number of rotatable bonds is 4. The average molecular weight is 222 g/mol. The third-order valence-corrected chi connectivity index (χ3v) is 2.46. The van der Waals surface area contributed by atoms with Crippen molar-refractivity contribution in [2.24, 2.45) is 5.92 Å². The van der Waals surface area contributed by atoms with Gasteiger partial charge >= 0.3 is 5.97 Å². The fraction of sp³-hybridized carbons (Fsp3) is 0.900. The molecule has 1 atom stereocenters. The van der Waals surface area contributed by atoms with Gasteiger partial charge in [-0.3, -0.25) is 4.79 Å². The molecule has 1 aliphatic heterocycles. The standard InChI is InChI=1S/C10H19NO2.ClH/c1-2-13-10(12)6-5-9-4-3-7-11-8-9;/h9,11H,2-8H2,1H3;1H. The second-order valence-electron chi connectivity index (χ2n) is 3.56.